The predicted octanol–water partition coefficient (Wildman–Crippen LogP) is 4.43. The normalized spacial score (nSPS) is 11.0. The van der Waals surface area contributed by atoms with Crippen LogP contribution >= 0.6 is 0 Å². The SMILES string of the molecule is Cc1nnn(C)c1CCCCCCCCCCCCCC(=O)O. The van der Waals surface area contributed by atoms with Crippen LogP contribution in [0, 0.1) is 6.92 Å². The molecule has 0 unspecified atom stereocenters. The number of carboxylic acid groups (broad SMARTS) is 1. The minimum atomic E-state index is -0.667. The first-order chi connectivity index (χ1) is 11.1. The maximum atomic E-state index is 10.4. The van der Waals surface area contributed by atoms with Gasteiger partial charge in [0.25, 0.3) is 0 Å². The fraction of sp³-hybridized carbons (Fsp3) is 0.833. The van der Waals surface area contributed by atoms with Crippen molar-refractivity contribution in [3.63, 3.8) is 0 Å². The van der Waals surface area contributed by atoms with Crippen LogP contribution in [0.15, 0.2) is 0 Å². The molecular weight excluding hydrogens is 290 g/mol. The van der Waals surface area contributed by atoms with Gasteiger partial charge in [-0.25, -0.2) is 0 Å². The number of rotatable bonds is 14. The molecule has 0 saturated heterocycles. The fourth-order valence-electron chi connectivity index (χ4n) is 2.98. The molecule has 0 aromatic carbocycles. The van der Waals surface area contributed by atoms with Gasteiger partial charge in [0.05, 0.1) is 11.4 Å². The molecule has 0 atom stereocenters. The maximum Gasteiger partial charge on any atom is 0.303 e. The summed E-state index contributed by atoms with van der Waals surface area (Å²) in [5, 5.41) is 16.7. The van der Waals surface area contributed by atoms with Crippen molar-refractivity contribution in [2.45, 2.75) is 90.4 Å². The highest BCUT2D eigenvalue weighted by atomic mass is 16.4. The van der Waals surface area contributed by atoms with Crippen molar-refractivity contribution >= 4 is 5.97 Å². The predicted molar refractivity (Wildman–Crippen MR) is 92.5 cm³/mol. The lowest BCUT2D eigenvalue weighted by Gasteiger charge is -2.04. The van der Waals surface area contributed by atoms with Gasteiger partial charge in [0.2, 0.25) is 0 Å². The van der Waals surface area contributed by atoms with E-state index < -0.39 is 5.97 Å². The maximum absolute atomic E-state index is 10.4. The van der Waals surface area contributed by atoms with E-state index in [0.717, 1.165) is 25.0 Å². The number of hydrogen-bond acceptors (Lipinski definition) is 3. The molecule has 1 rings (SSSR count). The number of aryl methyl sites for hydroxylation is 2. The number of aromatic nitrogens is 3. The summed E-state index contributed by atoms with van der Waals surface area (Å²) < 4.78 is 1.89. The highest BCUT2D eigenvalue weighted by molar-refractivity contribution is 5.66. The van der Waals surface area contributed by atoms with Crippen LogP contribution in [0.3, 0.4) is 0 Å². The lowest BCUT2D eigenvalue weighted by Crippen LogP contribution is -1.99. The largest absolute Gasteiger partial charge is 0.481 e. The zero-order valence-corrected chi connectivity index (χ0v) is 14.9. The van der Waals surface area contributed by atoms with Gasteiger partial charge in [-0.3, -0.25) is 9.48 Å². The van der Waals surface area contributed by atoms with Gasteiger partial charge >= 0.3 is 5.97 Å². The number of nitrogens with zero attached hydrogens (tertiary/aromatic N) is 3. The van der Waals surface area contributed by atoms with E-state index in [0.29, 0.717) is 6.42 Å². The van der Waals surface area contributed by atoms with Crippen LogP contribution in [-0.2, 0) is 18.3 Å². The van der Waals surface area contributed by atoms with Crippen molar-refractivity contribution in [3.05, 3.63) is 11.4 Å². The third-order valence-electron chi connectivity index (χ3n) is 4.44. The van der Waals surface area contributed by atoms with Crippen molar-refractivity contribution in [1.29, 1.82) is 0 Å². The van der Waals surface area contributed by atoms with Crippen LogP contribution in [0.1, 0.15) is 88.4 Å². The summed E-state index contributed by atoms with van der Waals surface area (Å²) in [6.45, 7) is 2.03. The van der Waals surface area contributed by atoms with Crippen LogP contribution in [-0.4, -0.2) is 26.1 Å². The molecule has 0 aliphatic heterocycles. The summed E-state index contributed by atoms with van der Waals surface area (Å²) in [7, 11) is 1.97. The second kappa shape index (κ2) is 12.1. The Hall–Kier alpha value is -1.39. The van der Waals surface area contributed by atoms with E-state index in [1.54, 1.807) is 0 Å². The third-order valence-corrected chi connectivity index (χ3v) is 4.44. The molecule has 23 heavy (non-hydrogen) atoms. The Labute approximate surface area is 140 Å². The lowest BCUT2D eigenvalue weighted by atomic mass is 10.0. The lowest BCUT2D eigenvalue weighted by molar-refractivity contribution is -0.137. The molecule has 1 aromatic rings. The van der Waals surface area contributed by atoms with Gasteiger partial charge in [-0.15, -0.1) is 5.10 Å². The summed E-state index contributed by atoms with van der Waals surface area (Å²) in [4.78, 5) is 10.4. The Kier molecular flexibility index (Phi) is 10.3. The first kappa shape index (κ1) is 19.7. The zero-order chi connectivity index (χ0) is 16.9. The highest BCUT2D eigenvalue weighted by Gasteiger charge is 2.05. The van der Waals surface area contributed by atoms with Gasteiger partial charge in [-0.2, -0.15) is 0 Å². The van der Waals surface area contributed by atoms with Gasteiger partial charge in [0.1, 0.15) is 0 Å². The van der Waals surface area contributed by atoms with Crippen LogP contribution in [0.5, 0.6) is 0 Å². The molecule has 132 valence electrons. The van der Waals surface area contributed by atoms with E-state index in [-0.39, 0.29) is 0 Å². The highest BCUT2D eigenvalue weighted by Crippen LogP contribution is 2.13. The molecule has 0 fully saturated rings. The smallest absolute Gasteiger partial charge is 0.303 e. The van der Waals surface area contributed by atoms with E-state index in [4.69, 9.17) is 5.11 Å². The molecule has 1 heterocycles. The second-order valence-corrected chi connectivity index (χ2v) is 6.53. The first-order valence-electron chi connectivity index (χ1n) is 9.18. The summed E-state index contributed by atoms with van der Waals surface area (Å²) in [5.74, 6) is -0.667. The van der Waals surface area contributed by atoms with Crippen molar-refractivity contribution in [1.82, 2.24) is 15.0 Å². The van der Waals surface area contributed by atoms with Crippen molar-refractivity contribution in [3.8, 4) is 0 Å². The van der Waals surface area contributed by atoms with Crippen molar-refractivity contribution < 1.29 is 9.90 Å². The molecule has 0 radical (unpaired) electrons. The molecule has 5 nitrogen and oxygen atoms in total. The second-order valence-electron chi connectivity index (χ2n) is 6.53. The molecular formula is C18H33N3O2. The standard InChI is InChI=1S/C18H33N3O2/c1-16-17(21(2)20-19-16)14-12-10-8-6-4-3-5-7-9-11-13-15-18(22)23/h3-15H2,1-2H3,(H,22,23). The van der Waals surface area contributed by atoms with E-state index in [1.807, 2.05) is 18.7 Å². The fourth-order valence-corrected chi connectivity index (χ4v) is 2.98. The minimum Gasteiger partial charge on any atom is -0.481 e. The van der Waals surface area contributed by atoms with Crippen LogP contribution in [0.25, 0.3) is 0 Å². The topological polar surface area (TPSA) is 68.0 Å². The van der Waals surface area contributed by atoms with Crippen LogP contribution < -0.4 is 0 Å². The van der Waals surface area contributed by atoms with Crippen LogP contribution in [0.2, 0.25) is 0 Å². The van der Waals surface area contributed by atoms with Crippen LogP contribution in [0.4, 0.5) is 0 Å². The molecule has 0 aliphatic rings. The Morgan fingerprint density at radius 1 is 0.913 bits per heavy atom. The van der Waals surface area contributed by atoms with Gasteiger partial charge in [0.15, 0.2) is 0 Å². The number of carbonyl (C=O) groups is 1. The molecule has 0 amide bonds. The number of unbranched alkanes of at least 4 members (excludes halogenated alkanes) is 10. The minimum absolute atomic E-state index is 0.328. The van der Waals surface area contributed by atoms with Gasteiger partial charge in [0, 0.05) is 13.5 Å². The molecule has 0 spiro atoms. The molecule has 0 saturated carbocycles. The van der Waals surface area contributed by atoms with E-state index in [1.165, 1.54) is 63.5 Å². The van der Waals surface area contributed by atoms with E-state index in [9.17, 15) is 4.79 Å². The molecule has 5 heteroatoms. The third kappa shape index (κ3) is 9.36. The number of carboxylic acids is 1. The Balaban J connectivity index is 1.82. The summed E-state index contributed by atoms with van der Waals surface area (Å²) in [6.07, 6.45) is 14.9. The van der Waals surface area contributed by atoms with Gasteiger partial charge < -0.3 is 5.11 Å². The number of hydrogen-bond donors (Lipinski definition) is 1. The molecule has 1 N–H and O–H groups in total. The van der Waals surface area contributed by atoms with E-state index in [2.05, 4.69) is 10.3 Å². The first-order valence-corrected chi connectivity index (χ1v) is 9.18. The van der Waals surface area contributed by atoms with Crippen molar-refractivity contribution in [2.75, 3.05) is 0 Å². The summed E-state index contributed by atoms with van der Waals surface area (Å²) in [5.41, 5.74) is 2.34. The molecule has 0 aliphatic carbocycles. The Morgan fingerprint density at radius 2 is 1.39 bits per heavy atom. The molecule has 0 bridgehead atoms. The van der Waals surface area contributed by atoms with Gasteiger partial charge in [-0.1, -0.05) is 63.0 Å². The average molecular weight is 323 g/mol. The monoisotopic (exact) mass is 323 g/mol. The molecule has 1 aromatic heterocycles. The Morgan fingerprint density at radius 3 is 1.83 bits per heavy atom. The average Bonchev–Trinajstić information content (AvgIpc) is 2.83. The number of aliphatic carboxylic acids is 1. The van der Waals surface area contributed by atoms with Gasteiger partial charge in [-0.05, 0) is 26.2 Å². The zero-order valence-electron chi connectivity index (χ0n) is 14.9. The quantitative estimate of drug-likeness (QED) is 0.514. The summed E-state index contributed by atoms with van der Waals surface area (Å²) >= 11 is 0. The summed E-state index contributed by atoms with van der Waals surface area (Å²) in [6, 6.07) is 0. The Bertz CT molecular complexity index is 424. The van der Waals surface area contributed by atoms with E-state index >= 15 is 0 Å². The van der Waals surface area contributed by atoms with Crippen molar-refractivity contribution in [2.24, 2.45) is 7.05 Å².